The third kappa shape index (κ3) is 4.05. The molecule has 2 heterocycles. The average Bonchev–Trinajstić information content (AvgIpc) is 3.04. The van der Waals surface area contributed by atoms with Crippen molar-refractivity contribution in [3.05, 3.63) is 0 Å². The topological polar surface area (TPSA) is 63.9 Å². The summed E-state index contributed by atoms with van der Waals surface area (Å²) in [4.78, 5) is 14.7. The number of tetrazole rings is 1. The Morgan fingerprint density at radius 2 is 1.87 bits per heavy atom. The van der Waals surface area contributed by atoms with Crippen LogP contribution in [0, 0.1) is 5.92 Å². The number of rotatable bonds is 4. The van der Waals surface area contributed by atoms with Crippen LogP contribution in [-0.2, 0) is 4.79 Å². The van der Waals surface area contributed by atoms with Gasteiger partial charge in [-0.05, 0) is 49.0 Å². The lowest BCUT2D eigenvalue weighted by Gasteiger charge is -2.32. The minimum absolute atomic E-state index is 0.128. The van der Waals surface area contributed by atoms with Crippen molar-refractivity contribution in [1.29, 1.82) is 0 Å². The minimum atomic E-state index is -0.128. The van der Waals surface area contributed by atoms with Gasteiger partial charge in [-0.15, -0.1) is 5.10 Å². The van der Waals surface area contributed by atoms with Crippen molar-refractivity contribution >= 4 is 17.7 Å². The summed E-state index contributed by atoms with van der Waals surface area (Å²) in [5.41, 5.74) is 0. The van der Waals surface area contributed by atoms with Gasteiger partial charge in [0, 0.05) is 13.1 Å². The fourth-order valence-corrected chi connectivity index (χ4v) is 4.46. The zero-order valence-electron chi connectivity index (χ0n) is 14.1. The van der Waals surface area contributed by atoms with Crippen LogP contribution >= 0.6 is 11.8 Å². The molecule has 2 fully saturated rings. The van der Waals surface area contributed by atoms with Gasteiger partial charge in [0.15, 0.2) is 0 Å². The van der Waals surface area contributed by atoms with E-state index in [1.165, 1.54) is 31.0 Å². The van der Waals surface area contributed by atoms with E-state index in [-0.39, 0.29) is 11.2 Å². The molecule has 0 radical (unpaired) electrons. The molecule has 1 saturated carbocycles. The molecule has 1 unspecified atom stereocenters. The van der Waals surface area contributed by atoms with Crippen LogP contribution in [0.15, 0.2) is 5.16 Å². The van der Waals surface area contributed by atoms with Crippen LogP contribution in [0.5, 0.6) is 0 Å². The Kier molecular flexibility index (Phi) is 5.56. The molecule has 1 aliphatic carbocycles. The SMILES string of the molecule is CC1CCN(C(=O)C(C)Sc2nnnn2C2CCCCC2)CC1. The highest BCUT2D eigenvalue weighted by molar-refractivity contribution is 8.00. The molecule has 0 spiro atoms. The smallest absolute Gasteiger partial charge is 0.235 e. The molecular weight excluding hydrogens is 310 g/mol. The second-order valence-electron chi connectivity index (χ2n) is 6.97. The van der Waals surface area contributed by atoms with Crippen LogP contribution in [0.4, 0.5) is 0 Å². The molecule has 2 aliphatic rings. The predicted octanol–water partition coefficient (Wildman–Crippen LogP) is 2.92. The summed E-state index contributed by atoms with van der Waals surface area (Å²) in [6.07, 6.45) is 8.31. The van der Waals surface area contributed by atoms with Gasteiger partial charge in [-0.1, -0.05) is 37.9 Å². The summed E-state index contributed by atoms with van der Waals surface area (Å²) in [5, 5.41) is 12.9. The van der Waals surface area contributed by atoms with Crippen LogP contribution in [-0.4, -0.2) is 49.4 Å². The molecule has 0 bridgehead atoms. The number of thioether (sulfide) groups is 1. The van der Waals surface area contributed by atoms with Gasteiger partial charge in [0.2, 0.25) is 11.1 Å². The number of piperidine rings is 1. The second-order valence-corrected chi connectivity index (χ2v) is 8.27. The van der Waals surface area contributed by atoms with E-state index in [1.54, 1.807) is 0 Å². The number of carbonyl (C=O) groups is 1. The summed E-state index contributed by atoms with van der Waals surface area (Å²) in [6, 6.07) is 0.402. The number of likely N-dealkylation sites (tertiary alicyclic amines) is 1. The largest absolute Gasteiger partial charge is 0.342 e. The Bertz CT molecular complexity index is 520. The van der Waals surface area contributed by atoms with Gasteiger partial charge in [0.1, 0.15) is 0 Å². The molecule has 7 heteroatoms. The third-order valence-corrected chi connectivity index (χ3v) is 6.14. The van der Waals surface area contributed by atoms with Gasteiger partial charge >= 0.3 is 0 Å². The number of nitrogens with zero attached hydrogens (tertiary/aromatic N) is 5. The molecule has 1 aromatic rings. The molecule has 1 aromatic heterocycles. The zero-order chi connectivity index (χ0) is 16.2. The molecule has 6 nitrogen and oxygen atoms in total. The molecule has 1 amide bonds. The fourth-order valence-electron chi connectivity index (χ4n) is 3.51. The first-order valence-electron chi connectivity index (χ1n) is 8.88. The molecule has 1 aliphatic heterocycles. The molecule has 0 aromatic carbocycles. The number of hydrogen-bond donors (Lipinski definition) is 0. The van der Waals surface area contributed by atoms with E-state index in [4.69, 9.17) is 0 Å². The first kappa shape index (κ1) is 16.7. The van der Waals surface area contributed by atoms with Gasteiger partial charge < -0.3 is 4.90 Å². The van der Waals surface area contributed by atoms with Crippen LogP contribution in [0.25, 0.3) is 0 Å². The lowest BCUT2D eigenvalue weighted by Crippen LogP contribution is -2.41. The maximum Gasteiger partial charge on any atom is 0.235 e. The average molecular weight is 337 g/mol. The van der Waals surface area contributed by atoms with Gasteiger partial charge in [-0.25, -0.2) is 4.68 Å². The van der Waals surface area contributed by atoms with Crippen molar-refractivity contribution in [2.75, 3.05) is 13.1 Å². The first-order valence-corrected chi connectivity index (χ1v) is 9.76. The van der Waals surface area contributed by atoms with E-state index in [0.717, 1.165) is 49.8 Å². The Morgan fingerprint density at radius 1 is 1.17 bits per heavy atom. The lowest BCUT2D eigenvalue weighted by atomic mass is 9.96. The van der Waals surface area contributed by atoms with E-state index in [0.29, 0.717) is 6.04 Å². The minimum Gasteiger partial charge on any atom is -0.342 e. The van der Waals surface area contributed by atoms with Crippen molar-refractivity contribution in [3.63, 3.8) is 0 Å². The number of aromatic nitrogens is 4. The standard InChI is InChI=1S/C16H27N5OS/c1-12-8-10-20(11-9-12)15(22)13(2)23-16-17-18-19-21(16)14-6-4-3-5-7-14/h12-14H,3-11H2,1-2H3. The fraction of sp³-hybridized carbons (Fsp3) is 0.875. The highest BCUT2D eigenvalue weighted by Crippen LogP contribution is 2.32. The predicted molar refractivity (Wildman–Crippen MR) is 90.2 cm³/mol. The summed E-state index contributed by atoms with van der Waals surface area (Å²) < 4.78 is 1.95. The van der Waals surface area contributed by atoms with Crippen molar-refractivity contribution in [2.45, 2.75) is 75.2 Å². The quantitative estimate of drug-likeness (QED) is 0.791. The van der Waals surface area contributed by atoms with Gasteiger partial charge in [-0.3, -0.25) is 4.79 Å². The third-order valence-electron chi connectivity index (χ3n) is 5.11. The van der Waals surface area contributed by atoms with E-state index in [1.807, 2.05) is 16.5 Å². The monoisotopic (exact) mass is 337 g/mol. The molecule has 0 N–H and O–H groups in total. The van der Waals surface area contributed by atoms with Gasteiger partial charge in [-0.2, -0.15) is 0 Å². The van der Waals surface area contributed by atoms with Crippen LogP contribution in [0.1, 0.15) is 64.8 Å². The second kappa shape index (κ2) is 7.64. The Labute approximate surface area is 142 Å². The summed E-state index contributed by atoms with van der Waals surface area (Å²) >= 11 is 1.51. The highest BCUT2D eigenvalue weighted by atomic mass is 32.2. The van der Waals surface area contributed by atoms with Crippen LogP contribution in [0.2, 0.25) is 0 Å². The lowest BCUT2D eigenvalue weighted by molar-refractivity contribution is -0.131. The summed E-state index contributed by atoms with van der Waals surface area (Å²) in [6.45, 7) is 6.01. The zero-order valence-corrected chi connectivity index (χ0v) is 15.0. The maximum absolute atomic E-state index is 12.6. The number of carbonyl (C=O) groups excluding carboxylic acids is 1. The Morgan fingerprint density at radius 3 is 2.57 bits per heavy atom. The van der Waals surface area contributed by atoms with Crippen molar-refractivity contribution in [2.24, 2.45) is 5.92 Å². The maximum atomic E-state index is 12.6. The highest BCUT2D eigenvalue weighted by Gasteiger charge is 2.28. The van der Waals surface area contributed by atoms with E-state index in [2.05, 4.69) is 22.4 Å². The summed E-state index contributed by atoms with van der Waals surface area (Å²) in [5.74, 6) is 0.959. The van der Waals surface area contributed by atoms with Crippen molar-refractivity contribution in [3.8, 4) is 0 Å². The van der Waals surface area contributed by atoms with E-state index in [9.17, 15) is 4.79 Å². The normalized spacial score (nSPS) is 22.3. The first-order chi connectivity index (χ1) is 11.1. The Hall–Kier alpha value is -1.11. The molecule has 3 rings (SSSR count). The van der Waals surface area contributed by atoms with Gasteiger partial charge in [0.25, 0.3) is 0 Å². The number of amides is 1. The van der Waals surface area contributed by atoms with E-state index < -0.39 is 0 Å². The molecular formula is C16H27N5OS. The van der Waals surface area contributed by atoms with Gasteiger partial charge in [0.05, 0.1) is 11.3 Å². The number of hydrogen-bond acceptors (Lipinski definition) is 5. The van der Waals surface area contributed by atoms with Crippen LogP contribution in [0.3, 0.4) is 0 Å². The van der Waals surface area contributed by atoms with E-state index >= 15 is 0 Å². The Balaban J connectivity index is 1.60. The molecule has 128 valence electrons. The van der Waals surface area contributed by atoms with Crippen molar-refractivity contribution < 1.29 is 4.79 Å². The van der Waals surface area contributed by atoms with Crippen molar-refractivity contribution in [1.82, 2.24) is 25.1 Å². The molecule has 1 atom stereocenters. The summed E-state index contributed by atoms with van der Waals surface area (Å²) in [7, 11) is 0. The van der Waals surface area contributed by atoms with Crippen LogP contribution < -0.4 is 0 Å². The molecule has 1 saturated heterocycles. The molecule has 23 heavy (non-hydrogen) atoms.